The van der Waals surface area contributed by atoms with Gasteiger partial charge < -0.3 is 4.98 Å². The van der Waals surface area contributed by atoms with E-state index in [1.165, 1.54) is 0 Å². The van der Waals surface area contributed by atoms with Crippen LogP contribution >= 0.6 is 0 Å². The molecule has 0 atom stereocenters. The summed E-state index contributed by atoms with van der Waals surface area (Å²) in [6.45, 7) is 1.92. The molecular formula is C15H12NO2S. The van der Waals surface area contributed by atoms with Crippen LogP contribution in [0.3, 0.4) is 0 Å². The maximum Gasteiger partial charge on any atom is 0.209 e. The van der Waals surface area contributed by atoms with Gasteiger partial charge in [-0.3, -0.25) is 0 Å². The summed E-state index contributed by atoms with van der Waals surface area (Å²) in [5.41, 5.74) is 1.80. The number of rotatable bonds is 2. The summed E-state index contributed by atoms with van der Waals surface area (Å²) >= 11 is 0. The lowest BCUT2D eigenvalue weighted by molar-refractivity contribution is 0.597. The molecule has 0 unspecified atom stereocenters. The Labute approximate surface area is 111 Å². The highest BCUT2D eigenvalue weighted by atomic mass is 32.2. The van der Waals surface area contributed by atoms with Gasteiger partial charge in [-0.25, -0.2) is 8.42 Å². The number of fused-ring (bicyclic) bond motifs is 1. The van der Waals surface area contributed by atoms with Crippen molar-refractivity contribution < 1.29 is 8.42 Å². The van der Waals surface area contributed by atoms with E-state index in [0.29, 0.717) is 10.3 Å². The number of aromatic amines is 1. The zero-order valence-electron chi connectivity index (χ0n) is 10.3. The second kappa shape index (κ2) is 4.24. The molecular weight excluding hydrogens is 258 g/mol. The number of nitrogens with one attached hydrogen (secondary N) is 1. The maximum absolute atomic E-state index is 12.6. The molecule has 0 aliphatic rings. The van der Waals surface area contributed by atoms with E-state index in [9.17, 15) is 8.42 Å². The average Bonchev–Trinajstić information content (AvgIpc) is 2.83. The van der Waals surface area contributed by atoms with Crippen molar-refractivity contribution in [1.29, 1.82) is 0 Å². The fraction of sp³-hybridized carbons (Fsp3) is 0.0667. The molecule has 0 bridgehead atoms. The van der Waals surface area contributed by atoms with E-state index in [2.05, 4.69) is 11.2 Å². The molecule has 0 saturated carbocycles. The lowest BCUT2D eigenvalue weighted by Gasteiger charge is -2.03. The number of H-pyrrole nitrogens is 1. The van der Waals surface area contributed by atoms with Crippen molar-refractivity contribution in [1.82, 2.24) is 4.98 Å². The highest BCUT2D eigenvalue weighted by molar-refractivity contribution is 7.91. The van der Waals surface area contributed by atoms with Gasteiger partial charge >= 0.3 is 0 Å². The van der Waals surface area contributed by atoms with Gasteiger partial charge in [-0.05, 0) is 25.1 Å². The lowest BCUT2D eigenvalue weighted by atomic mass is 10.2. The van der Waals surface area contributed by atoms with Crippen LogP contribution in [0.5, 0.6) is 0 Å². The molecule has 1 radical (unpaired) electrons. The highest BCUT2D eigenvalue weighted by Gasteiger charge is 2.21. The second-order valence-electron chi connectivity index (χ2n) is 4.44. The largest absolute Gasteiger partial charge is 0.352 e. The van der Waals surface area contributed by atoms with Gasteiger partial charge in [0.25, 0.3) is 0 Å². The van der Waals surface area contributed by atoms with Crippen molar-refractivity contribution in [2.75, 3.05) is 0 Å². The van der Waals surface area contributed by atoms with Crippen molar-refractivity contribution >= 4 is 20.7 Å². The number of hydrogen-bond donors (Lipinski definition) is 1. The summed E-state index contributed by atoms with van der Waals surface area (Å²) in [6.07, 6.45) is 2.75. The monoisotopic (exact) mass is 270 g/mol. The maximum atomic E-state index is 12.6. The zero-order chi connectivity index (χ0) is 13.5. The number of aryl methyl sites for hydroxylation is 1. The molecule has 1 aromatic heterocycles. The summed E-state index contributed by atoms with van der Waals surface area (Å²) in [6, 6.07) is 14.1. The van der Waals surface area contributed by atoms with Crippen LogP contribution in [-0.4, -0.2) is 13.4 Å². The highest BCUT2D eigenvalue weighted by Crippen LogP contribution is 2.27. The van der Waals surface area contributed by atoms with Crippen LogP contribution in [0.1, 0.15) is 5.56 Å². The quantitative estimate of drug-likeness (QED) is 0.778. The SMILES string of the molecule is Cc1ccc(S(=O)(=O)c2[c][nH]c3ccccc23)cc1. The van der Waals surface area contributed by atoms with Crippen molar-refractivity contribution in [3.63, 3.8) is 0 Å². The Hall–Kier alpha value is -2.07. The first-order valence-electron chi connectivity index (χ1n) is 5.89. The molecule has 95 valence electrons. The zero-order valence-corrected chi connectivity index (χ0v) is 11.2. The molecule has 19 heavy (non-hydrogen) atoms. The molecule has 0 spiro atoms. The van der Waals surface area contributed by atoms with Crippen LogP contribution in [0, 0.1) is 13.1 Å². The second-order valence-corrected chi connectivity index (χ2v) is 6.33. The van der Waals surface area contributed by atoms with Crippen LogP contribution in [0.15, 0.2) is 58.3 Å². The molecule has 1 heterocycles. The molecule has 0 aliphatic heterocycles. The van der Waals surface area contributed by atoms with Crippen LogP contribution in [0.2, 0.25) is 0 Å². The van der Waals surface area contributed by atoms with Gasteiger partial charge in [0.15, 0.2) is 0 Å². The minimum atomic E-state index is -3.53. The minimum absolute atomic E-state index is 0.201. The Kier molecular flexibility index (Phi) is 2.68. The average molecular weight is 270 g/mol. The van der Waals surface area contributed by atoms with Crippen molar-refractivity contribution in [2.45, 2.75) is 16.7 Å². The Morgan fingerprint density at radius 2 is 1.68 bits per heavy atom. The van der Waals surface area contributed by atoms with E-state index in [1.54, 1.807) is 30.3 Å². The van der Waals surface area contributed by atoms with E-state index in [0.717, 1.165) is 11.1 Å². The van der Waals surface area contributed by atoms with Gasteiger partial charge in [-0.1, -0.05) is 35.9 Å². The van der Waals surface area contributed by atoms with Gasteiger partial charge in [0, 0.05) is 10.9 Å². The smallest absolute Gasteiger partial charge is 0.209 e. The van der Waals surface area contributed by atoms with E-state index in [4.69, 9.17) is 0 Å². The molecule has 0 saturated heterocycles. The predicted octanol–water partition coefficient (Wildman–Crippen LogP) is 3.11. The number of aromatic nitrogens is 1. The van der Waals surface area contributed by atoms with Gasteiger partial charge in [0.2, 0.25) is 9.84 Å². The fourth-order valence-corrected chi connectivity index (χ4v) is 3.41. The standard InChI is InChI=1S/C15H12NO2S/c1-11-6-8-12(9-7-11)19(17,18)15-10-16-14-5-3-2-4-13(14)15/h2-9,16H,1H3. The van der Waals surface area contributed by atoms with Crippen molar-refractivity contribution in [3.8, 4) is 0 Å². The topological polar surface area (TPSA) is 49.9 Å². The normalized spacial score (nSPS) is 11.8. The number of sulfone groups is 1. The first kappa shape index (κ1) is 12.0. The third kappa shape index (κ3) is 1.94. The number of hydrogen-bond acceptors (Lipinski definition) is 2. The molecule has 2 aromatic carbocycles. The first-order valence-corrected chi connectivity index (χ1v) is 7.37. The van der Waals surface area contributed by atoms with Crippen LogP contribution in [-0.2, 0) is 9.84 Å². The lowest BCUT2D eigenvalue weighted by Crippen LogP contribution is -2.01. The first-order chi connectivity index (χ1) is 9.09. The number of para-hydroxylation sites is 1. The Balaban J connectivity index is 2.22. The Morgan fingerprint density at radius 3 is 2.42 bits per heavy atom. The summed E-state index contributed by atoms with van der Waals surface area (Å²) in [5, 5.41) is 0.670. The van der Waals surface area contributed by atoms with Gasteiger partial charge in [-0.2, -0.15) is 0 Å². The summed E-state index contributed by atoms with van der Waals surface area (Å²) in [4.78, 5) is 3.36. The van der Waals surface area contributed by atoms with E-state index in [1.807, 2.05) is 25.1 Å². The summed E-state index contributed by atoms with van der Waals surface area (Å²) in [5.74, 6) is 0. The molecule has 3 rings (SSSR count). The minimum Gasteiger partial charge on any atom is -0.352 e. The summed E-state index contributed by atoms with van der Waals surface area (Å²) in [7, 11) is -3.53. The molecule has 3 nitrogen and oxygen atoms in total. The van der Waals surface area contributed by atoms with E-state index >= 15 is 0 Å². The van der Waals surface area contributed by atoms with Crippen LogP contribution in [0.25, 0.3) is 10.9 Å². The predicted molar refractivity (Wildman–Crippen MR) is 73.8 cm³/mol. The Morgan fingerprint density at radius 1 is 1.00 bits per heavy atom. The van der Waals surface area contributed by atoms with Crippen LogP contribution in [0.4, 0.5) is 0 Å². The van der Waals surface area contributed by atoms with Gasteiger partial charge in [0.1, 0.15) is 4.90 Å². The molecule has 1 N–H and O–H groups in total. The third-order valence-corrected chi connectivity index (χ3v) is 4.83. The van der Waals surface area contributed by atoms with Crippen molar-refractivity contribution in [2.24, 2.45) is 0 Å². The fourth-order valence-electron chi connectivity index (χ4n) is 2.03. The molecule has 0 amide bonds. The molecule has 3 aromatic rings. The molecule has 0 fully saturated rings. The number of benzene rings is 2. The molecule has 4 heteroatoms. The van der Waals surface area contributed by atoms with Gasteiger partial charge in [-0.15, -0.1) is 0 Å². The van der Waals surface area contributed by atoms with E-state index in [-0.39, 0.29) is 4.90 Å². The van der Waals surface area contributed by atoms with Crippen molar-refractivity contribution in [3.05, 3.63) is 60.3 Å². The third-order valence-electron chi connectivity index (χ3n) is 3.08. The van der Waals surface area contributed by atoms with Crippen LogP contribution < -0.4 is 0 Å². The van der Waals surface area contributed by atoms with E-state index < -0.39 is 9.84 Å². The summed E-state index contributed by atoms with van der Waals surface area (Å²) < 4.78 is 25.1. The van der Waals surface area contributed by atoms with Gasteiger partial charge in [0.05, 0.1) is 11.1 Å². The Bertz CT molecular complexity index is 830. The molecule has 0 aliphatic carbocycles.